The molecule has 2 aromatic carbocycles. The number of carbonyl (C=O) groups excluding carboxylic acids is 2. The zero-order chi connectivity index (χ0) is 19.3. The van der Waals surface area contributed by atoms with Crippen molar-refractivity contribution in [3.63, 3.8) is 0 Å². The van der Waals surface area contributed by atoms with Gasteiger partial charge in [-0.2, -0.15) is 0 Å². The Hall–Kier alpha value is -3.06. The van der Waals surface area contributed by atoms with E-state index in [4.69, 9.17) is 0 Å². The van der Waals surface area contributed by atoms with Gasteiger partial charge in [-0.05, 0) is 23.8 Å². The molecule has 1 aliphatic heterocycles. The molecule has 3 aromatic rings. The van der Waals surface area contributed by atoms with Gasteiger partial charge in [-0.1, -0.05) is 30.3 Å². The van der Waals surface area contributed by atoms with Crippen molar-refractivity contribution in [2.45, 2.75) is 23.8 Å². The van der Waals surface area contributed by atoms with Gasteiger partial charge in [0.1, 0.15) is 5.82 Å². The first kappa shape index (κ1) is 18.3. The van der Waals surface area contributed by atoms with Crippen molar-refractivity contribution in [1.82, 2.24) is 15.3 Å². The lowest BCUT2D eigenvalue weighted by molar-refractivity contribution is -0.115. The number of carbonyl (C=O) groups is 2. The van der Waals surface area contributed by atoms with Gasteiger partial charge >= 0.3 is 0 Å². The first-order valence-electron chi connectivity index (χ1n) is 9.10. The molecule has 2 amide bonds. The van der Waals surface area contributed by atoms with Gasteiger partial charge in [0.25, 0.3) is 5.91 Å². The molecule has 0 unspecified atom stereocenters. The lowest BCUT2D eigenvalue weighted by Gasteiger charge is -2.19. The van der Waals surface area contributed by atoms with E-state index in [0.717, 1.165) is 22.0 Å². The van der Waals surface area contributed by atoms with Crippen LogP contribution in [0.25, 0.3) is 0 Å². The molecule has 6 nitrogen and oxygen atoms in total. The molecule has 28 heavy (non-hydrogen) atoms. The molecule has 0 spiro atoms. The second-order valence-electron chi connectivity index (χ2n) is 6.53. The molecule has 3 N–H and O–H groups in total. The van der Waals surface area contributed by atoms with Crippen LogP contribution in [0.5, 0.6) is 0 Å². The van der Waals surface area contributed by atoms with Crippen molar-refractivity contribution in [3.8, 4) is 0 Å². The van der Waals surface area contributed by atoms with Crippen molar-refractivity contribution in [2.75, 3.05) is 11.1 Å². The summed E-state index contributed by atoms with van der Waals surface area (Å²) in [6.07, 6.45) is 4.50. The van der Waals surface area contributed by atoms with E-state index in [0.29, 0.717) is 24.1 Å². The molecule has 0 aliphatic carbocycles. The standard InChI is InChI=1S/C21H20N4O2S/c26-20-8-11-28-18-7-6-15(12-17(18)24-20)21(27)25-16(13-19-22-9-10-23-19)14-4-2-1-3-5-14/h1-7,9-10,12,16H,8,11,13H2,(H,22,23)(H,24,26)(H,25,27)/t16-/m0/s1. The predicted octanol–water partition coefficient (Wildman–Crippen LogP) is 3.56. The number of hydrogen-bond acceptors (Lipinski definition) is 4. The van der Waals surface area contributed by atoms with E-state index < -0.39 is 0 Å². The summed E-state index contributed by atoms with van der Waals surface area (Å²) in [5.74, 6) is 1.33. The van der Waals surface area contributed by atoms with E-state index in [1.165, 1.54) is 0 Å². The highest BCUT2D eigenvalue weighted by molar-refractivity contribution is 7.99. The molecule has 2 heterocycles. The molecule has 142 valence electrons. The van der Waals surface area contributed by atoms with Crippen molar-refractivity contribution >= 4 is 29.3 Å². The molecule has 7 heteroatoms. The summed E-state index contributed by atoms with van der Waals surface area (Å²) in [6, 6.07) is 15.0. The van der Waals surface area contributed by atoms with Crippen LogP contribution in [0.4, 0.5) is 5.69 Å². The number of thioether (sulfide) groups is 1. The van der Waals surface area contributed by atoms with Crippen LogP contribution in [-0.4, -0.2) is 27.5 Å². The van der Waals surface area contributed by atoms with E-state index in [9.17, 15) is 9.59 Å². The fraction of sp³-hybridized carbons (Fsp3) is 0.190. The van der Waals surface area contributed by atoms with Crippen molar-refractivity contribution < 1.29 is 9.59 Å². The van der Waals surface area contributed by atoms with Gasteiger partial charge in [-0.3, -0.25) is 9.59 Å². The number of aromatic amines is 1. The maximum Gasteiger partial charge on any atom is 0.251 e. The van der Waals surface area contributed by atoms with Crippen LogP contribution in [0.3, 0.4) is 0 Å². The number of fused-ring (bicyclic) bond motifs is 1. The Bertz CT molecular complexity index is 973. The monoisotopic (exact) mass is 392 g/mol. The van der Waals surface area contributed by atoms with Crippen LogP contribution < -0.4 is 10.6 Å². The number of anilines is 1. The van der Waals surface area contributed by atoms with Gasteiger partial charge in [-0.25, -0.2) is 4.98 Å². The Kier molecular flexibility index (Phi) is 5.43. The zero-order valence-corrected chi connectivity index (χ0v) is 16.0. The summed E-state index contributed by atoms with van der Waals surface area (Å²) in [5, 5.41) is 5.99. The molecular weight excluding hydrogens is 372 g/mol. The second-order valence-corrected chi connectivity index (χ2v) is 7.67. The minimum Gasteiger partial charge on any atom is -0.349 e. The average molecular weight is 392 g/mol. The van der Waals surface area contributed by atoms with Crippen molar-refractivity contribution in [3.05, 3.63) is 77.9 Å². The Morgan fingerprint density at radius 3 is 2.86 bits per heavy atom. The molecule has 1 aromatic heterocycles. The van der Waals surface area contributed by atoms with Gasteiger partial charge in [0.15, 0.2) is 0 Å². The Labute approximate surface area is 167 Å². The Balaban J connectivity index is 1.57. The highest BCUT2D eigenvalue weighted by atomic mass is 32.2. The fourth-order valence-electron chi connectivity index (χ4n) is 3.14. The summed E-state index contributed by atoms with van der Waals surface area (Å²) in [5.41, 5.74) is 2.22. The second kappa shape index (κ2) is 8.31. The van der Waals surface area contributed by atoms with Crippen LogP contribution in [0.15, 0.2) is 65.8 Å². The number of H-pyrrole nitrogens is 1. The van der Waals surface area contributed by atoms with E-state index in [2.05, 4.69) is 20.6 Å². The van der Waals surface area contributed by atoms with E-state index >= 15 is 0 Å². The molecule has 0 saturated heterocycles. The molecule has 0 radical (unpaired) electrons. The van der Waals surface area contributed by atoms with Gasteiger partial charge in [0.2, 0.25) is 5.91 Å². The van der Waals surface area contributed by atoms with Crippen LogP contribution in [0.2, 0.25) is 0 Å². The number of nitrogens with zero attached hydrogens (tertiary/aromatic N) is 1. The molecule has 1 aliphatic rings. The summed E-state index contributed by atoms with van der Waals surface area (Å²) in [7, 11) is 0. The normalized spacial score (nSPS) is 14.5. The molecular formula is C21H20N4O2S. The fourth-order valence-corrected chi connectivity index (χ4v) is 4.08. The maximum atomic E-state index is 12.9. The summed E-state index contributed by atoms with van der Waals surface area (Å²) in [4.78, 5) is 33.1. The number of hydrogen-bond donors (Lipinski definition) is 3. The third-order valence-electron chi connectivity index (χ3n) is 4.56. The van der Waals surface area contributed by atoms with E-state index in [1.807, 2.05) is 36.4 Å². The number of nitrogens with one attached hydrogen (secondary N) is 3. The third kappa shape index (κ3) is 4.26. The van der Waals surface area contributed by atoms with Crippen LogP contribution in [-0.2, 0) is 11.2 Å². The quantitative estimate of drug-likeness (QED) is 0.620. The zero-order valence-electron chi connectivity index (χ0n) is 15.1. The minimum atomic E-state index is -0.220. The SMILES string of the molecule is O=C1CCSc2ccc(C(=O)N[C@@H](Cc3ncc[nH]3)c3ccccc3)cc2N1. The van der Waals surface area contributed by atoms with Crippen molar-refractivity contribution in [1.29, 1.82) is 0 Å². The number of aromatic nitrogens is 2. The Morgan fingerprint density at radius 1 is 1.21 bits per heavy atom. The summed E-state index contributed by atoms with van der Waals surface area (Å²) in [6.45, 7) is 0. The number of imidazole rings is 1. The molecule has 0 fully saturated rings. The van der Waals surface area contributed by atoms with Crippen molar-refractivity contribution in [2.24, 2.45) is 0 Å². The number of benzene rings is 2. The van der Waals surface area contributed by atoms with E-state index in [1.54, 1.807) is 36.3 Å². The van der Waals surface area contributed by atoms with Gasteiger partial charge in [0.05, 0.1) is 11.7 Å². The highest BCUT2D eigenvalue weighted by Gasteiger charge is 2.20. The van der Waals surface area contributed by atoms with Crippen LogP contribution in [0, 0.1) is 0 Å². The maximum absolute atomic E-state index is 12.9. The third-order valence-corrected chi connectivity index (χ3v) is 5.64. The molecule has 0 bridgehead atoms. The largest absolute Gasteiger partial charge is 0.349 e. The molecule has 1 atom stereocenters. The van der Waals surface area contributed by atoms with Gasteiger partial charge in [-0.15, -0.1) is 11.8 Å². The first-order chi connectivity index (χ1) is 13.7. The number of amides is 2. The van der Waals surface area contributed by atoms with Gasteiger partial charge in [0, 0.05) is 41.4 Å². The highest BCUT2D eigenvalue weighted by Crippen LogP contribution is 2.31. The predicted molar refractivity (Wildman–Crippen MR) is 109 cm³/mol. The van der Waals surface area contributed by atoms with Crippen LogP contribution in [0.1, 0.15) is 34.2 Å². The lowest BCUT2D eigenvalue weighted by atomic mass is 10.0. The number of rotatable bonds is 5. The molecule has 4 rings (SSSR count). The summed E-state index contributed by atoms with van der Waals surface area (Å²) >= 11 is 1.62. The first-order valence-corrected chi connectivity index (χ1v) is 10.1. The van der Waals surface area contributed by atoms with E-state index in [-0.39, 0.29) is 17.9 Å². The van der Waals surface area contributed by atoms with Gasteiger partial charge < -0.3 is 15.6 Å². The molecule has 0 saturated carbocycles. The Morgan fingerprint density at radius 2 is 2.07 bits per heavy atom. The summed E-state index contributed by atoms with van der Waals surface area (Å²) < 4.78 is 0. The average Bonchev–Trinajstić information content (AvgIpc) is 3.15. The van der Waals surface area contributed by atoms with Crippen LogP contribution >= 0.6 is 11.8 Å². The smallest absolute Gasteiger partial charge is 0.251 e. The topological polar surface area (TPSA) is 86.9 Å². The minimum absolute atomic E-state index is 0.0243. The lowest BCUT2D eigenvalue weighted by Crippen LogP contribution is -2.30.